The fourth-order valence-corrected chi connectivity index (χ4v) is 4.94. The van der Waals surface area contributed by atoms with E-state index in [0.717, 1.165) is 31.2 Å². The van der Waals surface area contributed by atoms with Gasteiger partial charge in [0.2, 0.25) is 17.7 Å². The minimum atomic E-state index is -0.992. The second-order valence-corrected chi connectivity index (χ2v) is 11.4. The number of nitrogens with one attached hydrogen (secondary N) is 3. The molecule has 1 aliphatic rings. The average Bonchev–Trinajstić information content (AvgIpc) is 3.00. The Morgan fingerprint density at radius 1 is 1.02 bits per heavy atom. The van der Waals surface area contributed by atoms with Crippen LogP contribution in [0.5, 0.6) is 11.5 Å². The number of fused-ring (bicyclic) bond motifs is 1. The molecule has 0 fully saturated rings. The van der Waals surface area contributed by atoms with Gasteiger partial charge in [0.1, 0.15) is 23.6 Å². The molecule has 2 aromatic carbocycles. The van der Waals surface area contributed by atoms with Crippen LogP contribution in [0.4, 0.5) is 0 Å². The molecular formula is C33H46N4O6. The van der Waals surface area contributed by atoms with Gasteiger partial charge in [-0.25, -0.2) is 0 Å². The van der Waals surface area contributed by atoms with Crippen LogP contribution in [-0.2, 0) is 20.9 Å². The number of para-hydroxylation sites is 1. The number of carbonyl (C=O) groups is 4. The summed E-state index contributed by atoms with van der Waals surface area (Å²) in [6.45, 7) is 5.29. The van der Waals surface area contributed by atoms with Gasteiger partial charge in [0, 0.05) is 26.6 Å². The number of rotatable bonds is 6. The fraction of sp³-hybridized carbons (Fsp3) is 0.515. The number of carbonyl (C=O) groups excluding carboxylic acids is 4. The first-order valence-electron chi connectivity index (χ1n) is 15.2. The molecule has 0 saturated carbocycles. The van der Waals surface area contributed by atoms with Gasteiger partial charge in [-0.05, 0) is 61.4 Å². The van der Waals surface area contributed by atoms with Crippen LogP contribution in [0.2, 0.25) is 0 Å². The quantitative estimate of drug-likeness (QED) is 0.467. The van der Waals surface area contributed by atoms with Crippen molar-refractivity contribution in [2.75, 3.05) is 27.3 Å². The number of nitrogens with zero attached hydrogens (tertiary/aromatic N) is 1. The molecule has 1 aliphatic heterocycles. The number of ether oxygens (including phenoxy) is 2. The number of hydrogen-bond acceptors (Lipinski definition) is 6. The van der Waals surface area contributed by atoms with Gasteiger partial charge >= 0.3 is 0 Å². The van der Waals surface area contributed by atoms with E-state index in [1.165, 1.54) is 0 Å². The van der Waals surface area contributed by atoms with Crippen LogP contribution in [0.1, 0.15) is 74.7 Å². The molecule has 0 saturated heterocycles. The Hall–Kier alpha value is -4.08. The van der Waals surface area contributed by atoms with Crippen molar-refractivity contribution in [3.05, 3.63) is 59.7 Å². The van der Waals surface area contributed by atoms with Crippen LogP contribution in [-0.4, -0.2) is 67.9 Å². The zero-order valence-corrected chi connectivity index (χ0v) is 25.8. The molecule has 0 aliphatic carbocycles. The second kappa shape index (κ2) is 17.1. The van der Waals surface area contributed by atoms with Crippen LogP contribution in [0.25, 0.3) is 0 Å². The Morgan fingerprint density at radius 3 is 2.47 bits per heavy atom. The third kappa shape index (κ3) is 10.9. The minimum absolute atomic E-state index is 0.0491. The van der Waals surface area contributed by atoms with Gasteiger partial charge in [-0.1, -0.05) is 51.0 Å². The summed E-state index contributed by atoms with van der Waals surface area (Å²) in [5, 5.41) is 8.58. The zero-order chi connectivity index (χ0) is 31.2. The molecule has 4 amide bonds. The van der Waals surface area contributed by atoms with E-state index < -0.39 is 23.9 Å². The average molecular weight is 595 g/mol. The molecule has 0 aromatic heterocycles. The van der Waals surface area contributed by atoms with Gasteiger partial charge in [0.15, 0.2) is 0 Å². The van der Waals surface area contributed by atoms with E-state index in [9.17, 15) is 19.2 Å². The molecule has 43 heavy (non-hydrogen) atoms. The van der Waals surface area contributed by atoms with Gasteiger partial charge in [-0.15, -0.1) is 0 Å². The number of likely N-dealkylation sites (N-methyl/N-ethyl adjacent to an activating group) is 1. The summed E-state index contributed by atoms with van der Waals surface area (Å²) in [6, 6.07) is 12.6. The predicted molar refractivity (Wildman–Crippen MR) is 165 cm³/mol. The molecule has 0 bridgehead atoms. The standard InChI is InChI=1S/C33H46N4O6/c1-23(2)21-28-33(41)37(3)19-9-5-6-10-20-43-29-12-8-7-11-26(29)31(39)36-27(17-18-30(38)35-28)32(40)34-22-24-13-15-25(42-4)16-14-24/h7-8,11-16,23,27-28H,5-6,9-10,17-22H2,1-4H3,(H,34,40)(H,35,38)(H,36,39)/t27-,28-/m0/s1. The van der Waals surface area contributed by atoms with Crippen LogP contribution >= 0.6 is 0 Å². The van der Waals surface area contributed by atoms with Gasteiger partial charge in [0.25, 0.3) is 5.91 Å². The highest BCUT2D eigenvalue weighted by Gasteiger charge is 2.27. The summed E-state index contributed by atoms with van der Waals surface area (Å²) in [5.41, 5.74) is 1.18. The lowest BCUT2D eigenvalue weighted by Crippen LogP contribution is -2.49. The Balaban J connectivity index is 1.80. The molecule has 1 heterocycles. The first-order chi connectivity index (χ1) is 20.7. The largest absolute Gasteiger partial charge is 0.497 e. The number of methoxy groups -OCH3 is 1. The van der Waals surface area contributed by atoms with Gasteiger partial charge in [-0.3, -0.25) is 19.2 Å². The van der Waals surface area contributed by atoms with Crippen molar-refractivity contribution in [2.24, 2.45) is 5.92 Å². The van der Waals surface area contributed by atoms with Crippen molar-refractivity contribution in [3.8, 4) is 11.5 Å². The molecule has 2 aromatic rings. The van der Waals surface area contributed by atoms with Crippen molar-refractivity contribution < 1.29 is 28.7 Å². The summed E-state index contributed by atoms with van der Waals surface area (Å²) in [5.74, 6) is -0.0231. The molecular weight excluding hydrogens is 548 g/mol. The summed E-state index contributed by atoms with van der Waals surface area (Å²) >= 11 is 0. The summed E-state index contributed by atoms with van der Waals surface area (Å²) in [6.07, 6.45) is 3.99. The van der Waals surface area contributed by atoms with Crippen molar-refractivity contribution in [1.82, 2.24) is 20.9 Å². The Morgan fingerprint density at radius 2 is 1.74 bits per heavy atom. The number of benzene rings is 2. The first kappa shape index (κ1) is 33.4. The van der Waals surface area contributed by atoms with E-state index >= 15 is 0 Å². The Kier molecular flexibility index (Phi) is 13.3. The van der Waals surface area contributed by atoms with Crippen LogP contribution in [0, 0.1) is 5.92 Å². The van der Waals surface area contributed by atoms with E-state index in [-0.39, 0.29) is 37.1 Å². The second-order valence-electron chi connectivity index (χ2n) is 11.4. The maximum Gasteiger partial charge on any atom is 0.255 e. The molecule has 234 valence electrons. The monoisotopic (exact) mass is 594 g/mol. The Labute approximate surface area is 254 Å². The van der Waals surface area contributed by atoms with E-state index in [2.05, 4.69) is 16.0 Å². The molecule has 3 N–H and O–H groups in total. The highest BCUT2D eigenvalue weighted by Crippen LogP contribution is 2.20. The number of amides is 4. The highest BCUT2D eigenvalue weighted by atomic mass is 16.5. The fourth-order valence-electron chi connectivity index (χ4n) is 4.94. The minimum Gasteiger partial charge on any atom is -0.497 e. The van der Waals surface area contributed by atoms with Crippen LogP contribution in [0.3, 0.4) is 0 Å². The summed E-state index contributed by atoms with van der Waals surface area (Å²) in [4.78, 5) is 54.8. The Bertz CT molecular complexity index is 1220. The van der Waals surface area contributed by atoms with Gasteiger partial charge in [0.05, 0.1) is 19.3 Å². The summed E-state index contributed by atoms with van der Waals surface area (Å²) < 4.78 is 11.1. The molecule has 3 rings (SSSR count). The zero-order valence-electron chi connectivity index (χ0n) is 25.8. The van der Waals surface area contributed by atoms with Crippen molar-refractivity contribution in [3.63, 3.8) is 0 Å². The maximum absolute atomic E-state index is 13.4. The van der Waals surface area contributed by atoms with Crippen LogP contribution < -0.4 is 25.4 Å². The topological polar surface area (TPSA) is 126 Å². The third-order valence-electron chi connectivity index (χ3n) is 7.40. The lowest BCUT2D eigenvalue weighted by molar-refractivity contribution is -0.136. The SMILES string of the molecule is COc1ccc(CNC(=O)[C@@H]2CCC(=O)N[C@@H](CC(C)C)C(=O)N(C)CCCCCCOc3ccccc3C(=O)N2)cc1. The van der Waals surface area contributed by atoms with Crippen LogP contribution in [0.15, 0.2) is 48.5 Å². The first-order valence-corrected chi connectivity index (χ1v) is 15.2. The molecule has 10 heteroatoms. The summed E-state index contributed by atoms with van der Waals surface area (Å²) in [7, 11) is 3.35. The van der Waals surface area contributed by atoms with Crippen molar-refractivity contribution in [2.45, 2.75) is 77.4 Å². The predicted octanol–water partition coefficient (Wildman–Crippen LogP) is 3.83. The highest BCUT2D eigenvalue weighted by molar-refractivity contribution is 5.99. The van der Waals surface area contributed by atoms with Gasteiger partial charge in [-0.2, -0.15) is 0 Å². The molecule has 10 nitrogen and oxygen atoms in total. The van der Waals surface area contributed by atoms with E-state index in [1.807, 2.05) is 26.0 Å². The molecule has 0 spiro atoms. The third-order valence-corrected chi connectivity index (χ3v) is 7.40. The van der Waals surface area contributed by atoms with E-state index in [0.29, 0.717) is 36.6 Å². The molecule has 0 unspecified atom stereocenters. The van der Waals surface area contributed by atoms with Crippen molar-refractivity contribution >= 4 is 23.6 Å². The normalized spacial score (nSPS) is 19.6. The van der Waals surface area contributed by atoms with Crippen molar-refractivity contribution in [1.29, 1.82) is 0 Å². The smallest absolute Gasteiger partial charge is 0.255 e. The van der Waals surface area contributed by atoms with Gasteiger partial charge < -0.3 is 30.3 Å². The molecule has 2 atom stereocenters. The van der Waals surface area contributed by atoms with E-state index in [4.69, 9.17) is 9.47 Å². The van der Waals surface area contributed by atoms with E-state index in [1.54, 1.807) is 55.5 Å². The number of hydrogen-bond donors (Lipinski definition) is 3. The lowest BCUT2D eigenvalue weighted by atomic mass is 10.0. The maximum atomic E-state index is 13.4. The molecule has 0 radical (unpaired) electrons. The lowest BCUT2D eigenvalue weighted by Gasteiger charge is -2.26.